The van der Waals surface area contributed by atoms with Crippen LogP contribution in [0.4, 0.5) is 0 Å². The Bertz CT molecular complexity index is 307. The molecular formula is C12H18ClNO2. The Morgan fingerprint density at radius 1 is 1.44 bits per heavy atom. The van der Waals surface area contributed by atoms with Gasteiger partial charge in [0.2, 0.25) is 0 Å². The van der Waals surface area contributed by atoms with E-state index < -0.39 is 6.10 Å². The van der Waals surface area contributed by atoms with Crippen molar-refractivity contribution in [1.29, 1.82) is 0 Å². The highest BCUT2D eigenvalue weighted by molar-refractivity contribution is 6.31. The molecule has 1 rings (SSSR count). The third-order valence-corrected chi connectivity index (χ3v) is 2.52. The number of rotatable bonds is 7. The normalized spacial score (nSPS) is 12.7. The average Bonchev–Trinajstić information content (AvgIpc) is 2.29. The summed E-state index contributed by atoms with van der Waals surface area (Å²) < 4.78 is 5.38. The quantitative estimate of drug-likeness (QED) is 0.768. The molecule has 0 amide bonds. The van der Waals surface area contributed by atoms with E-state index in [0.717, 1.165) is 12.1 Å². The first-order chi connectivity index (χ1) is 7.74. The molecule has 0 fully saturated rings. The molecule has 3 nitrogen and oxygen atoms in total. The van der Waals surface area contributed by atoms with Gasteiger partial charge in [0, 0.05) is 11.6 Å². The third kappa shape index (κ3) is 4.94. The van der Waals surface area contributed by atoms with Crippen LogP contribution < -0.4 is 5.32 Å². The molecule has 1 aromatic carbocycles. The van der Waals surface area contributed by atoms with Crippen molar-refractivity contribution in [2.24, 2.45) is 0 Å². The molecule has 1 unspecified atom stereocenters. The smallest absolute Gasteiger partial charge is 0.0897 e. The Labute approximate surface area is 101 Å². The van der Waals surface area contributed by atoms with Crippen LogP contribution >= 0.6 is 11.6 Å². The number of aliphatic hydroxyl groups excluding tert-OH is 1. The number of hydrogen-bond donors (Lipinski definition) is 2. The summed E-state index contributed by atoms with van der Waals surface area (Å²) in [6.07, 6.45) is -0.470. The van der Waals surface area contributed by atoms with E-state index in [-0.39, 0.29) is 0 Å². The first kappa shape index (κ1) is 13.5. The van der Waals surface area contributed by atoms with Crippen molar-refractivity contribution >= 4 is 11.6 Å². The van der Waals surface area contributed by atoms with E-state index in [2.05, 4.69) is 5.32 Å². The van der Waals surface area contributed by atoms with Crippen molar-refractivity contribution in [2.45, 2.75) is 19.6 Å². The number of halogens is 1. The maximum atomic E-state index is 9.51. The lowest BCUT2D eigenvalue weighted by atomic mass is 10.2. The van der Waals surface area contributed by atoms with E-state index in [9.17, 15) is 5.11 Å². The molecule has 4 heteroatoms. The number of aliphatic hydroxyl groups is 1. The van der Waals surface area contributed by atoms with Gasteiger partial charge in [0.25, 0.3) is 0 Å². The van der Waals surface area contributed by atoms with E-state index in [4.69, 9.17) is 16.3 Å². The van der Waals surface area contributed by atoms with Gasteiger partial charge < -0.3 is 15.2 Å². The lowest BCUT2D eigenvalue weighted by Crippen LogP contribution is -2.30. The first-order valence-electron chi connectivity index (χ1n) is 5.44. The van der Waals surface area contributed by atoms with Crippen molar-refractivity contribution in [3.8, 4) is 0 Å². The molecule has 0 spiro atoms. The first-order valence-corrected chi connectivity index (χ1v) is 5.81. The summed E-state index contributed by atoms with van der Waals surface area (Å²) >= 11 is 5.97. The molecule has 0 aliphatic carbocycles. The zero-order valence-corrected chi connectivity index (χ0v) is 10.2. The lowest BCUT2D eigenvalue weighted by Gasteiger charge is -2.11. The van der Waals surface area contributed by atoms with Crippen molar-refractivity contribution in [2.75, 3.05) is 19.7 Å². The Hall–Kier alpha value is -0.610. The van der Waals surface area contributed by atoms with Gasteiger partial charge in [-0.15, -0.1) is 0 Å². The zero-order valence-electron chi connectivity index (χ0n) is 9.45. The minimum absolute atomic E-state index is 0.318. The second kappa shape index (κ2) is 7.63. The molecule has 0 heterocycles. The average molecular weight is 244 g/mol. The van der Waals surface area contributed by atoms with Gasteiger partial charge in [-0.2, -0.15) is 0 Å². The number of likely N-dealkylation sites (N-methyl/N-ethyl adjacent to an activating group) is 1. The Morgan fingerprint density at radius 2 is 2.19 bits per heavy atom. The lowest BCUT2D eigenvalue weighted by molar-refractivity contribution is 0.0291. The van der Waals surface area contributed by atoms with Crippen LogP contribution in [0.5, 0.6) is 0 Å². The number of hydrogen-bond acceptors (Lipinski definition) is 3. The predicted octanol–water partition coefficient (Wildman–Crippen LogP) is 1.83. The molecule has 0 bridgehead atoms. The summed E-state index contributed by atoms with van der Waals surface area (Å²) in [5.74, 6) is 0. The van der Waals surface area contributed by atoms with Gasteiger partial charge in [-0.1, -0.05) is 36.7 Å². The molecule has 1 aromatic rings. The Morgan fingerprint density at radius 3 is 2.88 bits per heavy atom. The summed E-state index contributed by atoms with van der Waals surface area (Å²) in [4.78, 5) is 0. The fraction of sp³-hybridized carbons (Fsp3) is 0.500. The second-order valence-electron chi connectivity index (χ2n) is 3.57. The topological polar surface area (TPSA) is 41.5 Å². The van der Waals surface area contributed by atoms with Crippen LogP contribution in [0.15, 0.2) is 24.3 Å². The van der Waals surface area contributed by atoms with Crippen molar-refractivity contribution in [3.05, 3.63) is 34.9 Å². The van der Waals surface area contributed by atoms with Crippen molar-refractivity contribution in [3.63, 3.8) is 0 Å². The molecule has 2 N–H and O–H groups in total. The Balaban J connectivity index is 2.23. The fourth-order valence-electron chi connectivity index (χ4n) is 1.29. The summed E-state index contributed by atoms with van der Waals surface area (Å²) in [5.41, 5.74) is 0.944. The van der Waals surface area contributed by atoms with Crippen LogP contribution in [0.25, 0.3) is 0 Å². The molecule has 0 radical (unpaired) electrons. The molecule has 90 valence electrons. The standard InChI is InChI=1S/C12H18ClNO2/c1-2-14-7-11(15)9-16-8-10-5-3-4-6-12(10)13/h3-6,11,14-15H,2,7-9H2,1H3. The van der Waals surface area contributed by atoms with Gasteiger partial charge in [0.15, 0.2) is 0 Å². The van der Waals surface area contributed by atoms with E-state index in [1.165, 1.54) is 0 Å². The maximum absolute atomic E-state index is 9.51. The van der Waals surface area contributed by atoms with Crippen LogP contribution in [0.1, 0.15) is 12.5 Å². The SMILES string of the molecule is CCNCC(O)COCc1ccccc1Cl. The van der Waals surface area contributed by atoms with E-state index in [1.807, 2.05) is 31.2 Å². The minimum Gasteiger partial charge on any atom is -0.389 e. The van der Waals surface area contributed by atoms with E-state index >= 15 is 0 Å². The maximum Gasteiger partial charge on any atom is 0.0897 e. The molecule has 0 saturated carbocycles. The van der Waals surface area contributed by atoms with Gasteiger partial charge in [-0.05, 0) is 18.2 Å². The van der Waals surface area contributed by atoms with Crippen LogP contribution in [-0.4, -0.2) is 30.9 Å². The third-order valence-electron chi connectivity index (χ3n) is 2.16. The van der Waals surface area contributed by atoms with Gasteiger partial charge in [0.05, 0.1) is 19.3 Å². The van der Waals surface area contributed by atoms with E-state index in [0.29, 0.717) is 24.8 Å². The van der Waals surface area contributed by atoms with E-state index in [1.54, 1.807) is 0 Å². The highest BCUT2D eigenvalue weighted by atomic mass is 35.5. The van der Waals surface area contributed by atoms with Crippen molar-refractivity contribution < 1.29 is 9.84 Å². The number of benzene rings is 1. The molecule has 1 atom stereocenters. The summed E-state index contributed by atoms with van der Waals surface area (Å²) in [7, 11) is 0. The largest absolute Gasteiger partial charge is 0.389 e. The van der Waals surface area contributed by atoms with Gasteiger partial charge in [-0.25, -0.2) is 0 Å². The molecule has 0 aromatic heterocycles. The van der Waals surface area contributed by atoms with Crippen LogP contribution in [0.2, 0.25) is 5.02 Å². The Kier molecular flexibility index (Phi) is 6.42. The second-order valence-corrected chi connectivity index (χ2v) is 3.98. The predicted molar refractivity (Wildman–Crippen MR) is 65.7 cm³/mol. The van der Waals surface area contributed by atoms with Crippen LogP contribution in [0.3, 0.4) is 0 Å². The number of ether oxygens (including phenoxy) is 1. The highest BCUT2D eigenvalue weighted by Crippen LogP contribution is 2.15. The monoisotopic (exact) mass is 243 g/mol. The number of nitrogens with one attached hydrogen (secondary N) is 1. The minimum atomic E-state index is -0.470. The van der Waals surface area contributed by atoms with Crippen molar-refractivity contribution in [1.82, 2.24) is 5.32 Å². The van der Waals surface area contributed by atoms with Gasteiger partial charge in [0.1, 0.15) is 0 Å². The van der Waals surface area contributed by atoms with Gasteiger partial charge >= 0.3 is 0 Å². The van der Waals surface area contributed by atoms with Crippen LogP contribution in [-0.2, 0) is 11.3 Å². The molecular weight excluding hydrogens is 226 g/mol. The zero-order chi connectivity index (χ0) is 11.8. The highest BCUT2D eigenvalue weighted by Gasteiger charge is 2.04. The molecule has 16 heavy (non-hydrogen) atoms. The summed E-state index contributed by atoms with van der Waals surface area (Å²) in [6.45, 7) is 4.15. The summed E-state index contributed by atoms with van der Waals surface area (Å²) in [5, 5.41) is 13.3. The summed E-state index contributed by atoms with van der Waals surface area (Å²) in [6, 6.07) is 7.54. The molecule has 0 aliphatic rings. The molecule has 0 aliphatic heterocycles. The fourth-order valence-corrected chi connectivity index (χ4v) is 1.48. The molecule has 0 saturated heterocycles. The van der Waals surface area contributed by atoms with Crippen LogP contribution in [0, 0.1) is 0 Å². The van der Waals surface area contributed by atoms with Gasteiger partial charge in [-0.3, -0.25) is 0 Å².